The van der Waals surface area contributed by atoms with E-state index in [9.17, 15) is 0 Å². The third-order valence-electron chi connectivity index (χ3n) is 1.52. The first-order valence-corrected chi connectivity index (χ1v) is 4.03. The highest BCUT2D eigenvalue weighted by atomic mass is 16.3. The first-order chi connectivity index (χ1) is 5.93. The van der Waals surface area contributed by atoms with Crippen LogP contribution in [0.3, 0.4) is 0 Å². The van der Waals surface area contributed by atoms with Crippen molar-refractivity contribution in [3.05, 3.63) is 24.2 Å². The highest BCUT2D eigenvalue weighted by Crippen LogP contribution is 1.98. The standard InChI is InChI=1S/C9H12N2O/c10-5-1-2-6-11-8-9-4-3-7-12-9/h3-4,7,11H,1-2,6,8H2. The zero-order chi connectivity index (χ0) is 8.65. The van der Waals surface area contributed by atoms with Gasteiger partial charge in [0.15, 0.2) is 0 Å². The van der Waals surface area contributed by atoms with Crippen LogP contribution in [0.5, 0.6) is 0 Å². The van der Waals surface area contributed by atoms with Gasteiger partial charge in [0.25, 0.3) is 0 Å². The van der Waals surface area contributed by atoms with Crippen molar-refractivity contribution in [3.63, 3.8) is 0 Å². The topological polar surface area (TPSA) is 49.0 Å². The van der Waals surface area contributed by atoms with E-state index in [4.69, 9.17) is 9.68 Å². The molecule has 1 heterocycles. The van der Waals surface area contributed by atoms with Crippen molar-refractivity contribution in [1.82, 2.24) is 5.32 Å². The quantitative estimate of drug-likeness (QED) is 0.673. The van der Waals surface area contributed by atoms with E-state index < -0.39 is 0 Å². The molecule has 1 rings (SSSR count). The third kappa shape index (κ3) is 3.22. The largest absolute Gasteiger partial charge is 0.468 e. The Hall–Kier alpha value is -1.27. The minimum absolute atomic E-state index is 0.616. The lowest BCUT2D eigenvalue weighted by molar-refractivity contribution is 0.482. The lowest BCUT2D eigenvalue weighted by atomic mass is 10.3. The first-order valence-electron chi connectivity index (χ1n) is 4.03. The van der Waals surface area contributed by atoms with Crippen molar-refractivity contribution in [1.29, 1.82) is 5.26 Å². The van der Waals surface area contributed by atoms with Gasteiger partial charge in [0.2, 0.25) is 0 Å². The van der Waals surface area contributed by atoms with Crippen LogP contribution < -0.4 is 5.32 Å². The van der Waals surface area contributed by atoms with Crippen molar-refractivity contribution >= 4 is 0 Å². The molecule has 0 bridgehead atoms. The minimum atomic E-state index is 0.616. The summed E-state index contributed by atoms with van der Waals surface area (Å²) in [5.41, 5.74) is 0. The summed E-state index contributed by atoms with van der Waals surface area (Å²) in [6, 6.07) is 5.89. The molecule has 0 atom stereocenters. The molecule has 0 amide bonds. The van der Waals surface area contributed by atoms with Crippen LogP contribution >= 0.6 is 0 Å². The fourth-order valence-electron chi connectivity index (χ4n) is 0.917. The lowest BCUT2D eigenvalue weighted by Crippen LogP contribution is -2.13. The number of nitrogens with one attached hydrogen (secondary N) is 1. The average Bonchev–Trinajstić information content (AvgIpc) is 2.57. The molecule has 1 aromatic rings. The lowest BCUT2D eigenvalue weighted by Gasteiger charge is -1.98. The van der Waals surface area contributed by atoms with Gasteiger partial charge in [-0.05, 0) is 25.1 Å². The molecule has 0 aliphatic heterocycles. The number of nitriles is 1. The van der Waals surface area contributed by atoms with E-state index in [2.05, 4.69) is 11.4 Å². The second-order valence-electron chi connectivity index (χ2n) is 2.52. The Labute approximate surface area is 72.0 Å². The molecular formula is C9H12N2O. The fraction of sp³-hybridized carbons (Fsp3) is 0.444. The molecule has 0 saturated carbocycles. The molecule has 64 valence electrons. The van der Waals surface area contributed by atoms with Gasteiger partial charge in [-0.25, -0.2) is 0 Å². The predicted molar refractivity (Wildman–Crippen MR) is 45.3 cm³/mol. The van der Waals surface area contributed by atoms with Crippen molar-refractivity contribution in [3.8, 4) is 6.07 Å². The molecule has 0 aliphatic rings. The molecule has 0 aliphatic carbocycles. The third-order valence-corrected chi connectivity index (χ3v) is 1.52. The molecular weight excluding hydrogens is 152 g/mol. The Morgan fingerprint density at radius 2 is 2.50 bits per heavy atom. The Balaban J connectivity index is 2.01. The van der Waals surface area contributed by atoms with Gasteiger partial charge in [0.1, 0.15) is 5.76 Å². The Bertz CT molecular complexity index is 236. The van der Waals surface area contributed by atoms with E-state index in [0.717, 1.165) is 25.3 Å². The summed E-state index contributed by atoms with van der Waals surface area (Å²) < 4.78 is 5.11. The summed E-state index contributed by atoms with van der Waals surface area (Å²) in [4.78, 5) is 0. The highest BCUT2D eigenvalue weighted by Gasteiger charge is 1.92. The van der Waals surface area contributed by atoms with Crippen LogP contribution in [0.25, 0.3) is 0 Å². The van der Waals surface area contributed by atoms with E-state index in [1.807, 2.05) is 12.1 Å². The van der Waals surface area contributed by atoms with Crippen LogP contribution in [0.2, 0.25) is 0 Å². The Morgan fingerprint density at radius 1 is 1.58 bits per heavy atom. The fourth-order valence-corrected chi connectivity index (χ4v) is 0.917. The number of hydrogen-bond donors (Lipinski definition) is 1. The number of nitrogens with zero attached hydrogens (tertiary/aromatic N) is 1. The monoisotopic (exact) mass is 164 g/mol. The molecule has 0 saturated heterocycles. The van der Waals surface area contributed by atoms with Crippen LogP contribution in [0.1, 0.15) is 18.6 Å². The zero-order valence-corrected chi connectivity index (χ0v) is 6.92. The maximum atomic E-state index is 8.25. The normalized spacial score (nSPS) is 9.58. The molecule has 0 spiro atoms. The van der Waals surface area contributed by atoms with E-state index >= 15 is 0 Å². The van der Waals surface area contributed by atoms with E-state index in [1.54, 1.807) is 6.26 Å². The summed E-state index contributed by atoms with van der Waals surface area (Å²) in [6.07, 6.45) is 3.18. The van der Waals surface area contributed by atoms with E-state index in [-0.39, 0.29) is 0 Å². The first kappa shape index (κ1) is 8.82. The number of unbranched alkanes of at least 4 members (excludes halogenated alkanes) is 1. The van der Waals surface area contributed by atoms with Gasteiger partial charge < -0.3 is 9.73 Å². The molecule has 3 nitrogen and oxygen atoms in total. The summed E-state index contributed by atoms with van der Waals surface area (Å²) >= 11 is 0. The van der Waals surface area contributed by atoms with Gasteiger partial charge in [-0.2, -0.15) is 5.26 Å². The number of hydrogen-bond acceptors (Lipinski definition) is 3. The van der Waals surface area contributed by atoms with Crippen molar-refractivity contribution in [2.24, 2.45) is 0 Å². The Morgan fingerprint density at radius 3 is 3.17 bits per heavy atom. The molecule has 0 unspecified atom stereocenters. The zero-order valence-electron chi connectivity index (χ0n) is 6.92. The maximum absolute atomic E-state index is 8.25. The van der Waals surface area contributed by atoms with Gasteiger partial charge in [-0.1, -0.05) is 0 Å². The van der Waals surface area contributed by atoms with E-state index in [1.165, 1.54) is 0 Å². The van der Waals surface area contributed by atoms with Gasteiger partial charge in [0.05, 0.1) is 18.9 Å². The smallest absolute Gasteiger partial charge is 0.117 e. The van der Waals surface area contributed by atoms with Crippen molar-refractivity contribution in [2.45, 2.75) is 19.4 Å². The van der Waals surface area contributed by atoms with Gasteiger partial charge in [0, 0.05) is 6.42 Å². The molecule has 1 aromatic heterocycles. The van der Waals surface area contributed by atoms with Crippen LogP contribution in [0.15, 0.2) is 22.8 Å². The van der Waals surface area contributed by atoms with Gasteiger partial charge >= 0.3 is 0 Å². The maximum Gasteiger partial charge on any atom is 0.117 e. The molecule has 0 aromatic carbocycles. The summed E-state index contributed by atoms with van der Waals surface area (Å²) in [5.74, 6) is 0.937. The van der Waals surface area contributed by atoms with Crippen LogP contribution in [0.4, 0.5) is 0 Å². The summed E-state index contributed by atoms with van der Waals surface area (Å²) in [6.45, 7) is 1.62. The summed E-state index contributed by atoms with van der Waals surface area (Å²) in [5, 5.41) is 11.4. The van der Waals surface area contributed by atoms with Crippen molar-refractivity contribution in [2.75, 3.05) is 6.54 Å². The predicted octanol–water partition coefficient (Wildman–Crippen LogP) is 1.67. The molecule has 0 radical (unpaired) electrons. The average molecular weight is 164 g/mol. The second-order valence-corrected chi connectivity index (χ2v) is 2.52. The summed E-state index contributed by atoms with van der Waals surface area (Å²) in [7, 11) is 0. The highest BCUT2D eigenvalue weighted by molar-refractivity contribution is 4.97. The minimum Gasteiger partial charge on any atom is -0.468 e. The van der Waals surface area contributed by atoms with Gasteiger partial charge in [-0.15, -0.1) is 0 Å². The molecule has 3 heteroatoms. The Kier molecular flexibility index (Phi) is 3.96. The molecule has 12 heavy (non-hydrogen) atoms. The second kappa shape index (κ2) is 5.39. The molecule has 0 fully saturated rings. The van der Waals surface area contributed by atoms with E-state index in [0.29, 0.717) is 6.42 Å². The van der Waals surface area contributed by atoms with Crippen LogP contribution in [-0.4, -0.2) is 6.54 Å². The van der Waals surface area contributed by atoms with Crippen molar-refractivity contribution < 1.29 is 4.42 Å². The number of furan rings is 1. The number of rotatable bonds is 5. The molecule has 1 N–H and O–H groups in total. The van der Waals surface area contributed by atoms with Gasteiger partial charge in [-0.3, -0.25) is 0 Å². The van der Waals surface area contributed by atoms with Crippen LogP contribution in [0, 0.1) is 11.3 Å². The SMILES string of the molecule is N#CCCCNCc1ccco1. The van der Waals surface area contributed by atoms with Crippen LogP contribution in [-0.2, 0) is 6.54 Å².